The number of carbonyl (C=O) groups excluding carboxylic acids is 1. The molecule has 0 atom stereocenters. The standard InChI is InChI=1S/C8H14N4O4S/c1-6-7(4-10-12-6)17(14,15)11-2-3-16-5-8(9)13/h4,11H,2-3,5H2,1H3,(H2,9,13)(H,10,12). The summed E-state index contributed by atoms with van der Waals surface area (Å²) < 4.78 is 30.5. The van der Waals surface area contributed by atoms with Crippen LogP contribution in [-0.2, 0) is 19.6 Å². The van der Waals surface area contributed by atoms with Crippen molar-refractivity contribution >= 4 is 15.9 Å². The number of nitrogens with zero attached hydrogens (tertiary/aromatic N) is 1. The van der Waals surface area contributed by atoms with Crippen LogP contribution in [0.3, 0.4) is 0 Å². The second-order valence-electron chi connectivity index (χ2n) is 3.28. The van der Waals surface area contributed by atoms with Gasteiger partial charge >= 0.3 is 0 Å². The minimum atomic E-state index is -3.59. The Kier molecular flexibility index (Phi) is 4.61. The van der Waals surface area contributed by atoms with Gasteiger partial charge in [-0.2, -0.15) is 5.10 Å². The average Bonchev–Trinajstić information content (AvgIpc) is 2.64. The average molecular weight is 262 g/mol. The summed E-state index contributed by atoms with van der Waals surface area (Å²) in [7, 11) is -3.59. The summed E-state index contributed by atoms with van der Waals surface area (Å²) in [6.45, 7) is 1.50. The molecular weight excluding hydrogens is 248 g/mol. The maximum atomic E-state index is 11.7. The van der Waals surface area contributed by atoms with E-state index in [1.807, 2.05) is 0 Å². The van der Waals surface area contributed by atoms with Gasteiger partial charge in [-0.15, -0.1) is 0 Å². The molecule has 0 saturated carbocycles. The summed E-state index contributed by atoms with van der Waals surface area (Å²) in [6, 6.07) is 0. The van der Waals surface area contributed by atoms with Crippen LogP contribution < -0.4 is 10.5 Å². The number of ether oxygens (including phenoxy) is 1. The zero-order valence-electron chi connectivity index (χ0n) is 9.26. The Labute approximate surface area is 98.6 Å². The van der Waals surface area contributed by atoms with Crippen LogP contribution in [0.25, 0.3) is 0 Å². The number of aromatic amines is 1. The number of nitrogens with two attached hydrogens (primary N) is 1. The smallest absolute Gasteiger partial charge is 0.244 e. The summed E-state index contributed by atoms with van der Waals surface area (Å²) in [5, 5.41) is 6.15. The van der Waals surface area contributed by atoms with E-state index in [0.29, 0.717) is 5.69 Å². The fourth-order valence-corrected chi connectivity index (χ4v) is 2.26. The van der Waals surface area contributed by atoms with Crippen molar-refractivity contribution < 1.29 is 17.9 Å². The molecule has 96 valence electrons. The van der Waals surface area contributed by atoms with Gasteiger partial charge in [0.25, 0.3) is 0 Å². The molecule has 0 spiro atoms. The third-order valence-corrected chi connectivity index (χ3v) is 3.43. The van der Waals surface area contributed by atoms with E-state index in [9.17, 15) is 13.2 Å². The van der Waals surface area contributed by atoms with E-state index < -0.39 is 15.9 Å². The first kappa shape index (κ1) is 13.6. The second-order valence-corrected chi connectivity index (χ2v) is 5.01. The van der Waals surface area contributed by atoms with Crippen molar-refractivity contribution in [3.05, 3.63) is 11.9 Å². The molecule has 0 aromatic carbocycles. The SMILES string of the molecule is Cc1[nH]ncc1S(=O)(=O)NCCOCC(N)=O. The van der Waals surface area contributed by atoms with Crippen LogP contribution in [-0.4, -0.2) is 44.3 Å². The fourth-order valence-electron chi connectivity index (χ4n) is 1.11. The summed E-state index contributed by atoms with van der Waals surface area (Å²) in [5.74, 6) is -0.599. The lowest BCUT2D eigenvalue weighted by Crippen LogP contribution is -2.29. The molecule has 0 aliphatic heterocycles. The van der Waals surface area contributed by atoms with E-state index in [2.05, 4.69) is 14.9 Å². The predicted octanol–water partition coefficient (Wildman–Crippen LogP) is -1.50. The zero-order chi connectivity index (χ0) is 12.9. The Morgan fingerprint density at radius 1 is 1.65 bits per heavy atom. The molecule has 1 aromatic heterocycles. The van der Waals surface area contributed by atoms with Gasteiger partial charge in [0.05, 0.1) is 18.5 Å². The van der Waals surface area contributed by atoms with Gasteiger partial charge in [-0.25, -0.2) is 13.1 Å². The highest BCUT2D eigenvalue weighted by Gasteiger charge is 2.17. The molecule has 8 nitrogen and oxygen atoms in total. The maximum absolute atomic E-state index is 11.7. The number of H-pyrrole nitrogens is 1. The number of hydrogen-bond acceptors (Lipinski definition) is 5. The third kappa shape index (κ3) is 4.13. The highest BCUT2D eigenvalue weighted by atomic mass is 32.2. The van der Waals surface area contributed by atoms with Gasteiger partial charge in [-0.05, 0) is 6.92 Å². The first-order valence-electron chi connectivity index (χ1n) is 4.79. The van der Waals surface area contributed by atoms with Gasteiger partial charge in [-0.1, -0.05) is 0 Å². The largest absolute Gasteiger partial charge is 0.370 e. The van der Waals surface area contributed by atoms with Crippen molar-refractivity contribution in [3.63, 3.8) is 0 Å². The van der Waals surface area contributed by atoms with Crippen molar-refractivity contribution in [3.8, 4) is 0 Å². The minimum Gasteiger partial charge on any atom is -0.370 e. The Balaban J connectivity index is 2.41. The molecule has 0 fully saturated rings. The van der Waals surface area contributed by atoms with Gasteiger partial charge < -0.3 is 10.5 Å². The highest BCUT2D eigenvalue weighted by molar-refractivity contribution is 7.89. The van der Waals surface area contributed by atoms with E-state index in [4.69, 9.17) is 10.5 Å². The molecule has 1 amide bonds. The summed E-state index contributed by atoms with van der Waals surface area (Å²) >= 11 is 0. The number of sulfonamides is 1. The number of rotatable bonds is 7. The molecule has 4 N–H and O–H groups in total. The number of amides is 1. The lowest BCUT2D eigenvalue weighted by molar-refractivity contribution is -0.122. The van der Waals surface area contributed by atoms with Gasteiger partial charge in [0, 0.05) is 6.54 Å². The monoisotopic (exact) mass is 262 g/mol. The minimum absolute atomic E-state index is 0.0558. The first-order valence-corrected chi connectivity index (χ1v) is 6.27. The van der Waals surface area contributed by atoms with Crippen LogP contribution in [0.4, 0.5) is 0 Å². The van der Waals surface area contributed by atoms with E-state index in [-0.39, 0.29) is 24.7 Å². The number of aromatic nitrogens is 2. The summed E-state index contributed by atoms with van der Waals surface area (Å²) in [4.78, 5) is 10.4. The molecule has 0 radical (unpaired) electrons. The molecule has 0 bridgehead atoms. The summed E-state index contributed by atoms with van der Waals surface area (Å²) in [5.41, 5.74) is 5.30. The van der Waals surface area contributed by atoms with Crippen molar-refractivity contribution in [2.75, 3.05) is 19.8 Å². The van der Waals surface area contributed by atoms with Crippen LogP contribution in [0.15, 0.2) is 11.1 Å². The first-order chi connectivity index (χ1) is 7.93. The molecule has 0 aliphatic carbocycles. The van der Waals surface area contributed by atoms with Gasteiger partial charge in [0.15, 0.2) is 0 Å². The predicted molar refractivity (Wildman–Crippen MR) is 58.5 cm³/mol. The number of aryl methyl sites for hydroxylation is 1. The molecule has 0 saturated heterocycles. The highest BCUT2D eigenvalue weighted by Crippen LogP contribution is 2.09. The van der Waals surface area contributed by atoms with Crippen LogP contribution in [0.2, 0.25) is 0 Å². The third-order valence-electron chi connectivity index (χ3n) is 1.86. The van der Waals surface area contributed by atoms with Gasteiger partial charge in [0.1, 0.15) is 11.5 Å². The molecule has 17 heavy (non-hydrogen) atoms. The molecule has 1 aromatic rings. The summed E-state index contributed by atoms with van der Waals surface area (Å²) in [6.07, 6.45) is 1.22. The van der Waals surface area contributed by atoms with Crippen molar-refractivity contribution in [1.29, 1.82) is 0 Å². The van der Waals surface area contributed by atoms with Crippen LogP contribution in [0.1, 0.15) is 5.69 Å². The van der Waals surface area contributed by atoms with Crippen LogP contribution in [0.5, 0.6) is 0 Å². The Hall–Kier alpha value is -1.45. The Morgan fingerprint density at radius 3 is 2.88 bits per heavy atom. The van der Waals surface area contributed by atoms with E-state index in [1.165, 1.54) is 6.20 Å². The number of primary amides is 1. The quantitative estimate of drug-likeness (QED) is 0.515. The fraction of sp³-hybridized carbons (Fsp3) is 0.500. The van der Waals surface area contributed by atoms with Crippen molar-refractivity contribution in [1.82, 2.24) is 14.9 Å². The molecular formula is C8H14N4O4S. The normalized spacial score (nSPS) is 11.6. The number of hydrogen-bond donors (Lipinski definition) is 3. The van der Waals surface area contributed by atoms with Crippen LogP contribution in [0, 0.1) is 6.92 Å². The van der Waals surface area contributed by atoms with Crippen LogP contribution >= 0.6 is 0 Å². The van der Waals surface area contributed by atoms with E-state index in [1.54, 1.807) is 6.92 Å². The molecule has 0 unspecified atom stereocenters. The molecule has 1 heterocycles. The molecule has 0 aliphatic rings. The molecule has 9 heteroatoms. The Bertz CT molecular complexity index is 481. The Morgan fingerprint density at radius 2 is 2.35 bits per heavy atom. The van der Waals surface area contributed by atoms with Gasteiger partial charge in [0.2, 0.25) is 15.9 Å². The molecule has 1 rings (SSSR count). The lowest BCUT2D eigenvalue weighted by Gasteiger charge is -2.05. The lowest BCUT2D eigenvalue weighted by atomic mass is 10.5. The zero-order valence-corrected chi connectivity index (χ0v) is 10.1. The van der Waals surface area contributed by atoms with Gasteiger partial charge in [-0.3, -0.25) is 9.89 Å². The maximum Gasteiger partial charge on any atom is 0.244 e. The van der Waals surface area contributed by atoms with Crippen molar-refractivity contribution in [2.24, 2.45) is 5.73 Å². The number of nitrogens with one attached hydrogen (secondary N) is 2. The van der Waals surface area contributed by atoms with E-state index >= 15 is 0 Å². The van der Waals surface area contributed by atoms with E-state index in [0.717, 1.165) is 0 Å². The second kappa shape index (κ2) is 5.75. The van der Waals surface area contributed by atoms with Crippen molar-refractivity contribution in [2.45, 2.75) is 11.8 Å². The number of carbonyl (C=O) groups is 1. The topological polar surface area (TPSA) is 127 Å².